The number of benzene rings is 3. The molecule has 0 aromatic heterocycles. The van der Waals surface area contributed by atoms with Gasteiger partial charge in [0.25, 0.3) is 10.0 Å². The van der Waals surface area contributed by atoms with E-state index in [1.807, 2.05) is 6.92 Å². The van der Waals surface area contributed by atoms with Crippen LogP contribution >= 0.6 is 0 Å². The van der Waals surface area contributed by atoms with E-state index in [1.165, 1.54) is 36.1 Å². The average Bonchev–Trinajstić information content (AvgIpc) is 2.87. The van der Waals surface area contributed by atoms with E-state index in [2.05, 4.69) is 5.32 Å². The van der Waals surface area contributed by atoms with E-state index in [4.69, 9.17) is 0 Å². The van der Waals surface area contributed by atoms with E-state index < -0.39 is 46.1 Å². The van der Waals surface area contributed by atoms with Gasteiger partial charge in [-0.3, -0.25) is 13.9 Å². The molecule has 196 valence electrons. The number of hydrogen-bond acceptors (Lipinski definition) is 4. The number of nitrogens with zero attached hydrogens (tertiary/aromatic N) is 2. The quantitative estimate of drug-likeness (QED) is 0.430. The van der Waals surface area contributed by atoms with Gasteiger partial charge >= 0.3 is 0 Å². The van der Waals surface area contributed by atoms with Crippen molar-refractivity contribution in [3.8, 4) is 0 Å². The highest BCUT2D eigenvalue weighted by molar-refractivity contribution is 7.92. The Morgan fingerprint density at radius 1 is 0.892 bits per heavy atom. The molecular formula is C27H29F2N3O4S. The van der Waals surface area contributed by atoms with E-state index in [1.54, 1.807) is 31.2 Å². The minimum absolute atomic E-state index is 0.0459. The van der Waals surface area contributed by atoms with Crippen LogP contribution in [0.4, 0.5) is 14.5 Å². The lowest BCUT2D eigenvalue weighted by molar-refractivity contribution is -0.139. The summed E-state index contributed by atoms with van der Waals surface area (Å²) in [5.74, 6) is -2.11. The first-order valence-electron chi connectivity index (χ1n) is 11.7. The molecule has 2 amide bonds. The van der Waals surface area contributed by atoms with E-state index in [0.29, 0.717) is 12.1 Å². The van der Waals surface area contributed by atoms with Gasteiger partial charge in [-0.1, -0.05) is 29.8 Å². The van der Waals surface area contributed by atoms with Crippen LogP contribution in [0.2, 0.25) is 0 Å². The molecule has 0 aliphatic carbocycles. The SMILES string of the molecule is CCNC(=O)[C@@H](C)N(Cc1ccc(F)cc1)C(=O)CN(c1ccc(C)cc1)S(=O)(=O)c1ccc(F)cc1. The highest BCUT2D eigenvalue weighted by atomic mass is 32.2. The summed E-state index contributed by atoms with van der Waals surface area (Å²) in [4.78, 5) is 27.4. The number of sulfonamides is 1. The van der Waals surface area contributed by atoms with Crippen LogP contribution in [0, 0.1) is 18.6 Å². The summed E-state index contributed by atoms with van der Waals surface area (Å²) in [5.41, 5.74) is 1.68. The molecule has 1 atom stereocenters. The first kappa shape index (κ1) is 27.8. The summed E-state index contributed by atoms with van der Waals surface area (Å²) < 4.78 is 55.1. The fourth-order valence-electron chi connectivity index (χ4n) is 3.66. The van der Waals surface area contributed by atoms with Crippen molar-refractivity contribution in [1.82, 2.24) is 10.2 Å². The number of carbonyl (C=O) groups excluding carboxylic acids is 2. The van der Waals surface area contributed by atoms with Crippen LogP contribution in [0.3, 0.4) is 0 Å². The second-order valence-corrected chi connectivity index (χ2v) is 10.4. The molecule has 0 aliphatic rings. The standard InChI is InChI=1S/C27H29F2N3O4S/c1-4-30-27(34)20(3)31(17-21-7-9-22(28)10-8-21)26(33)18-32(24-13-5-19(2)6-14-24)37(35,36)25-15-11-23(29)12-16-25/h5-16,20H,4,17-18H2,1-3H3,(H,30,34)/t20-/m1/s1. The zero-order chi connectivity index (χ0) is 27.2. The van der Waals surface area contributed by atoms with Crippen LogP contribution in [-0.4, -0.2) is 44.3 Å². The van der Waals surface area contributed by atoms with Crippen molar-refractivity contribution in [3.63, 3.8) is 0 Å². The lowest BCUT2D eigenvalue weighted by atomic mass is 10.1. The average molecular weight is 530 g/mol. The summed E-state index contributed by atoms with van der Waals surface area (Å²) in [7, 11) is -4.28. The Bertz CT molecular complexity index is 1330. The van der Waals surface area contributed by atoms with E-state index in [9.17, 15) is 26.8 Å². The van der Waals surface area contributed by atoms with Crippen molar-refractivity contribution in [1.29, 1.82) is 0 Å². The fraction of sp³-hybridized carbons (Fsp3) is 0.259. The summed E-state index contributed by atoms with van der Waals surface area (Å²) in [6, 6.07) is 15.4. The Kier molecular flexibility index (Phi) is 8.99. The topological polar surface area (TPSA) is 86.8 Å². The summed E-state index contributed by atoms with van der Waals surface area (Å²) >= 11 is 0. The van der Waals surface area contributed by atoms with E-state index in [0.717, 1.165) is 34.1 Å². The monoisotopic (exact) mass is 529 g/mol. The van der Waals surface area contributed by atoms with Gasteiger partial charge in [0.05, 0.1) is 10.6 Å². The van der Waals surface area contributed by atoms with Crippen LogP contribution < -0.4 is 9.62 Å². The maximum atomic E-state index is 13.7. The first-order valence-corrected chi connectivity index (χ1v) is 13.1. The molecule has 3 rings (SSSR count). The molecule has 0 aliphatic heterocycles. The van der Waals surface area contributed by atoms with Crippen LogP contribution in [0.1, 0.15) is 25.0 Å². The van der Waals surface area contributed by atoms with Gasteiger partial charge in [0, 0.05) is 13.1 Å². The van der Waals surface area contributed by atoms with Crippen molar-refractivity contribution in [3.05, 3.63) is 95.6 Å². The maximum absolute atomic E-state index is 13.7. The second-order valence-electron chi connectivity index (χ2n) is 8.52. The van der Waals surface area contributed by atoms with E-state index in [-0.39, 0.29) is 17.1 Å². The van der Waals surface area contributed by atoms with Gasteiger partial charge in [-0.25, -0.2) is 17.2 Å². The van der Waals surface area contributed by atoms with Crippen molar-refractivity contribution >= 4 is 27.5 Å². The number of hydrogen-bond donors (Lipinski definition) is 1. The predicted octanol–water partition coefficient (Wildman–Crippen LogP) is 4.02. The molecule has 0 radical (unpaired) electrons. The van der Waals surface area contributed by atoms with Crippen molar-refractivity contribution in [2.75, 3.05) is 17.4 Å². The highest BCUT2D eigenvalue weighted by Crippen LogP contribution is 2.25. The van der Waals surface area contributed by atoms with Crippen molar-refractivity contribution in [2.24, 2.45) is 0 Å². The second kappa shape index (κ2) is 12.0. The van der Waals surface area contributed by atoms with E-state index >= 15 is 0 Å². The highest BCUT2D eigenvalue weighted by Gasteiger charge is 2.32. The van der Waals surface area contributed by atoms with Gasteiger partial charge in [0.15, 0.2) is 0 Å². The lowest BCUT2D eigenvalue weighted by Crippen LogP contribution is -2.51. The third kappa shape index (κ3) is 6.91. The Morgan fingerprint density at radius 2 is 1.43 bits per heavy atom. The number of amides is 2. The molecule has 0 saturated carbocycles. The molecule has 0 bridgehead atoms. The molecule has 7 nitrogen and oxygen atoms in total. The molecule has 10 heteroatoms. The number of anilines is 1. The molecule has 0 saturated heterocycles. The molecule has 0 unspecified atom stereocenters. The predicted molar refractivity (Wildman–Crippen MR) is 137 cm³/mol. The molecule has 3 aromatic rings. The number of nitrogens with one attached hydrogen (secondary N) is 1. The molecule has 0 heterocycles. The van der Waals surface area contributed by atoms with Crippen LogP contribution in [-0.2, 0) is 26.2 Å². The zero-order valence-electron chi connectivity index (χ0n) is 20.8. The van der Waals surface area contributed by atoms with Crippen molar-refractivity contribution in [2.45, 2.75) is 38.3 Å². The van der Waals surface area contributed by atoms with Crippen LogP contribution in [0.15, 0.2) is 77.7 Å². The lowest BCUT2D eigenvalue weighted by Gasteiger charge is -2.32. The minimum Gasteiger partial charge on any atom is -0.355 e. The molecule has 37 heavy (non-hydrogen) atoms. The molecular weight excluding hydrogens is 500 g/mol. The van der Waals surface area contributed by atoms with Crippen molar-refractivity contribution < 1.29 is 26.8 Å². The Balaban J connectivity index is 2.01. The first-order chi connectivity index (χ1) is 17.5. The molecule has 1 N–H and O–H groups in total. The largest absolute Gasteiger partial charge is 0.355 e. The summed E-state index contributed by atoms with van der Waals surface area (Å²) in [6.07, 6.45) is 0. The number of likely N-dealkylation sites (N-methyl/N-ethyl adjacent to an activating group) is 1. The van der Waals surface area contributed by atoms with Gasteiger partial charge in [-0.2, -0.15) is 0 Å². The van der Waals surface area contributed by atoms with Gasteiger partial charge in [-0.05, 0) is 74.9 Å². The summed E-state index contributed by atoms with van der Waals surface area (Å²) in [6.45, 7) is 4.80. The number of rotatable bonds is 10. The Morgan fingerprint density at radius 3 is 1.97 bits per heavy atom. The molecule has 0 fully saturated rings. The normalized spacial score (nSPS) is 12.0. The minimum atomic E-state index is -4.28. The number of aryl methyl sites for hydroxylation is 1. The molecule has 3 aromatic carbocycles. The smallest absolute Gasteiger partial charge is 0.264 e. The maximum Gasteiger partial charge on any atom is 0.264 e. The van der Waals surface area contributed by atoms with Gasteiger partial charge < -0.3 is 10.2 Å². The third-order valence-corrected chi connectivity index (χ3v) is 7.58. The summed E-state index contributed by atoms with van der Waals surface area (Å²) in [5, 5.41) is 2.67. The zero-order valence-corrected chi connectivity index (χ0v) is 21.6. The van der Waals surface area contributed by atoms with Gasteiger partial charge in [0.1, 0.15) is 24.2 Å². The third-order valence-electron chi connectivity index (χ3n) is 5.79. The van der Waals surface area contributed by atoms with Gasteiger partial charge in [0.2, 0.25) is 11.8 Å². The Hall–Kier alpha value is -3.79. The number of halogens is 2. The van der Waals surface area contributed by atoms with Gasteiger partial charge in [-0.15, -0.1) is 0 Å². The van der Waals surface area contributed by atoms with Crippen LogP contribution in [0.25, 0.3) is 0 Å². The Labute approximate surface area is 215 Å². The number of carbonyl (C=O) groups is 2. The molecule has 0 spiro atoms. The van der Waals surface area contributed by atoms with Crippen LogP contribution in [0.5, 0.6) is 0 Å². The fourth-order valence-corrected chi connectivity index (χ4v) is 5.08.